The zero-order valence-electron chi connectivity index (χ0n) is 18.6. The average molecular weight is 363 g/mol. The lowest BCUT2D eigenvalue weighted by Crippen LogP contribution is -2.08. The molecule has 2 heteroatoms. The zero-order chi connectivity index (χ0) is 20.2. The second kappa shape index (κ2) is 14.7. The minimum absolute atomic E-state index is 0. The standard InChI is InChI=1S/C9H20.C8H12N2.C6H10.CH4/c1-5-7-8-9(3,4)6-2;1-5-6(2)10-8(4)7(3)9-5;1-5(2)6(3)4;/h5-8H2,1-4H3;1-4H3;1,3H2,2,4H3;1H4. The molecule has 0 N–H and O–H groups in total. The highest BCUT2D eigenvalue weighted by Crippen LogP contribution is 2.26. The van der Waals surface area contributed by atoms with Gasteiger partial charge in [-0.15, -0.1) is 0 Å². The number of aromatic nitrogens is 2. The van der Waals surface area contributed by atoms with Crippen molar-refractivity contribution in [3.63, 3.8) is 0 Å². The van der Waals surface area contributed by atoms with Crippen LogP contribution in [0.25, 0.3) is 0 Å². The SMILES string of the molecule is C.C=C(C)C(=C)C.CCCCC(C)(C)CC.Cc1nc(C)c(C)nc1C. The van der Waals surface area contributed by atoms with Gasteiger partial charge in [-0.2, -0.15) is 0 Å². The van der Waals surface area contributed by atoms with Gasteiger partial charge in [0.15, 0.2) is 0 Å². The Morgan fingerprint density at radius 2 is 1.12 bits per heavy atom. The summed E-state index contributed by atoms with van der Waals surface area (Å²) < 4.78 is 0. The Kier molecular flexibility index (Phi) is 16.6. The Balaban J connectivity index is -0.000000309. The molecule has 0 spiro atoms. The summed E-state index contributed by atoms with van der Waals surface area (Å²) in [5.41, 5.74) is 6.85. The van der Waals surface area contributed by atoms with Crippen LogP contribution >= 0.6 is 0 Å². The van der Waals surface area contributed by atoms with Crippen LogP contribution in [0.2, 0.25) is 0 Å². The van der Waals surface area contributed by atoms with Crippen molar-refractivity contribution in [3.05, 3.63) is 47.1 Å². The summed E-state index contributed by atoms with van der Waals surface area (Å²) in [5, 5.41) is 0. The first-order valence-corrected chi connectivity index (χ1v) is 9.47. The third-order valence-corrected chi connectivity index (χ3v) is 4.61. The molecular weight excluding hydrogens is 316 g/mol. The molecule has 0 saturated heterocycles. The second-order valence-corrected chi connectivity index (χ2v) is 7.75. The van der Waals surface area contributed by atoms with Crippen LogP contribution in [0.5, 0.6) is 0 Å². The summed E-state index contributed by atoms with van der Waals surface area (Å²) in [7, 11) is 0. The van der Waals surface area contributed by atoms with Gasteiger partial charge in [0.25, 0.3) is 0 Å². The highest BCUT2D eigenvalue weighted by atomic mass is 14.8. The van der Waals surface area contributed by atoms with Crippen molar-refractivity contribution in [3.8, 4) is 0 Å². The van der Waals surface area contributed by atoms with E-state index in [0.717, 1.165) is 33.9 Å². The fraction of sp³-hybridized carbons (Fsp3) is 0.667. The van der Waals surface area contributed by atoms with E-state index in [0.29, 0.717) is 5.41 Å². The molecule has 0 radical (unpaired) electrons. The molecule has 0 aliphatic rings. The van der Waals surface area contributed by atoms with Crippen molar-refractivity contribution in [1.82, 2.24) is 9.97 Å². The number of nitrogens with zero attached hydrogens (tertiary/aromatic N) is 2. The maximum Gasteiger partial charge on any atom is 0.0588 e. The Bertz CT molecular complexity index is 477. The Morgan fingerprint density at radius 1 is 0.808 bits per heavy atom. The first-order chi connectivity index (χ1) is 11.4. The summed E-state index contributed by atoms with van der Waals surface area (Å²) in [4.78, 5) is 8.62. The summed E-state index contributed by atoms with van der Waals surface area (Å²) in [5.74, 6) is 0. The van der Waals surface area contributed by atoms with E-state index in [1.807, 2.05) is 41.5 Å². The van der Waals surface area contributed by atoms with Crippen LogP contribution in [0.15, 0.2) is 24.3 Å². The predicted octanol–water partition coefficient (Wildman–Crippen LogP) is 8.10. The van der Waals surface area contributed by atoms with Crippen LogP contribution in [0, 0.1) is 33.1 Å². The molecule has 0 saturated carbocycles. The molecule has 1 aromatic rings. The van der Waals surface area contributed by atoms with Crippen LogP contribution < -0.4 is 0 Å². The number of aryl methyl sites for hydroxylation is 4. The van der Waals surface area contributed by atoms with Crippen molar-refractivity contribution in [2.24, 2.45) is 5.41 Å². The fourth-order valence-corrected chi connectivity index (χ4v) is 1.66. The Morgan fingerprint density at radius 3 is 1.31 bits per heavy atom. The van der Waals surface area contributed by atoms with Crippen LogP contribution in [0.3, 0.4) is 0 Å². The molecule has 26 heavy (non-hydrogen) atoms. The topological polar surface area (TPSA) is 25.8 Å². The molecule has 0 unspecified atom stereocenters. The minimum atomic E-state index is 0. The maximum atomic E-state index is 4.31. The van der Waals surface area contributed by atoms with Crippen LogP contribution in [0.4, 0.5) is 0 Å². The monoisotopic (exact) mass is 362 g/mol. The van der Waals surface area contributed by atoms with Crippen LogP contribution in [-0.4, -0.2) is 9.97 Å². The summed E-state index contributed by atoms with van der Waals surface area (Å²) in [6.07, 6.45) is 5.43. The van der Waals surface area contributed by atoms with Gasteiger partial charge >= 0.3 is 0 Å². The third-order valence-electron chi connectivity index (χ3n) is 4.61. The molecule has 0 bridgehead atoms. The summed E-state index contributed by atoms with van der Waals surface area (Å²) >= 11 is 0. The van der Waals surface area contributed by atoms with Gasteiger partial charge in [0, 0.05) is 0 Å². The zero-order valence-corrected chi connectivity index (χ0v) is 18.6. The van der Waals surface area contributed by atoms with E-state index in [2.05, 4.69) is 50.8 Å². The van der Waals surface area contributed by atoms with Crippen molar-refractivity contribution in [2.75, 3.05) is 0 Å². The van der Waals surface area contributed by atoms with Gasteiger partial charge in [0.05, 0.1) is 22.8 Å². The van der Waals surface area contributed by atoms with Crippen LogP contribution in [-0.2, 0) is 0 Å². The quantitative estimate of drug-likeness (QED) is 0.494. The number of allylic oxidation sites excluding steroid dienone is 2. The average Bonchev–Trinajstić information content (AvgIpc) is 2.52. The number of rotatable bonds is 5. The number of unbranched alkanes of at least 4 members (excludes halogenated alkanes) is 1. The van der Waals surface area contributed by atoms with Gasteiger partial charge in [0.1, 0.15) is 0 Å². The molecular formula is C24H46N2. The minimum Gasteiger partial charge on any atom is -0.255 e. The van der Waals surface area contributed by atoms with E-state index in [4.69, 9.17) is 0 Å². The van der Waals surface area contributed by atoms with E-state index >= 15 is 0 Å². The van der Waals surface area contributed by atoms with Crippen molar-refractivity contribution in [1.29, 1.82) is 0 Å². The van der Waals surface area contributed by atoms with E-state index in [-0.39, 0.29) is 7.43 Å². The molecule has 0 aliphatic carbocycles. The normalized spacial score (nSPS) is 9.77. The summed E-state index contributed by atoms with van der Waals surface area (Å²) in [6.45, 7) is 28.4. The molecule has 0 atom stereocenters. The predicted molar refractivity (Wildman–Crippen MR) is 121 cm³/mol. The summed E-state index contributed by atoms with van der Waals surface area (Å²) in [6, 6.07) is 0. The largest absolute Gasteiger partial charge is 0.255 e. The molecule has 0 amide bonds. The van der Waals surface area contributed by atoms with E-state index in [1.54, 1.807) is 0 Å². The van der Waals surface area contributed by atoms with Gasteiger partial charge in [-0.1, -0.05) is 78.7 Å². The first-order valence-electron chi connectivity index (χ1n) is 9.47. The lowest BCUT2D eigenvalue weighted by atomic mass is 9.85. The lowest BCUT2D eigenvalue weighted by Gasteiger charge is -2.21. The van der Waals surface area contributed by atoms with E-state index in [9.17, 15) is 0 Å². The molecule has 1 heterocycles. The van der Waals surface area contributed by atoms with E-state index < -0.39 is 0 Å². The highest BCUT2D eigenvalue weighted by Gasteiger charge is 2.12. The molecule has 2 nitrogen and oxygen atoms in total. The van der Waals surface area contributed by atoms with Crippen molar-refractivity contribution in [2.45, 2.75) is 102 Å². The van der Waals surface area contributed by atoms with Crippen LogP contribution in [0.1, 0.15) is 97.4 Å². The lowest BCUT2D eigenvalue weighted by molar-refractivity contribution is 0.311. The Hall–Kier alpha value is -1.44. The van der Waals surface area contributed by atoms with Gasteiger partial charge in [-0.05, 0) is 53.4 Å². The van der Waals surface area contributed by atoms with Gasteiger partial charge in [-0.3, -0.25) is 9.97 Å². The second-order valence-electron chi connectivity index (χ2n) is 7.75. The molecule has 0 aromatic carbocycles. The highest BCUT2D eigenvalue weighted by molar-refractivity contribution is 5.19. The molecule has 152 valence electrons. The first kappa shape index (κ1) is 29.3. The van der Waals surface area contributed by atoms with Gasteiger partial charge in [0.2, 0.25) is 0 Å². The number of hydrogen-bond acceptors (Lipinski definition) is 2. The third kappa shape index (κ3) is 14.9. The van der Waals surface area contributed by atoms with E-state index in [1.165, 1.54) is 25.7 Å². The maximum absolute atomic E-state index is 4.31. The Labute approximate surface area is 165 Å². The van der Waals surface area contributed by atoms with Gasteiger partial charge < -0.3 is 0 Å². The van der Waals surface area contributed by atoms with Crippen molar-refractivity contribution >= 4 is 0 Å². The molecule has 0 aliphatic heterocycles. The van der Waals surface area contributed by atoms with Crippen molar-refractivity contribution < 1.29 is 0 Å². The fourth-order valence-electron chi connectivity index (χ4n) is 1.66. The molecule has 0 fully saturated rings. The molecule has 1 rings (SSSR count). The van der Waals surface area contributed by atoms with Gasteiger partial charge in [-0.25, -0.2) is 0 Å². The molecule has 1 aromatic heterocycles. The number of hydrogen-bond donors (Lipinski definition) is 0. The smallest absolute Gasteiger partial charge is 0.0588 e.